The first-order valence-corrected chi connectivity index (χ1v) is 7.90. The van der Waals surface area contributed by atoms with Crippen molar-refractivity contribution in [2.75, 3.05) is 49.8 Å². The molecule has 2 rings (SSSR count). The number of thiazole rings is 1. The van der Waals surface area contributed by atoms with Crippen molar-refractivity contribution < 1.29 is 4.74 Å². The summed E-state index contributed by atoms with van der Waals surface area (Å²) in [6.07, 6.45) is 0. The fraction of sp³-hybridized carbons (Fsp3) is 0.727. The fourth-order valence-electron chi connectivity index (χ4n) is 1.67. The number of methoxy groups -OCH3 is 1. The number of nitrogens with one attached hydrogen (secondary N) is 1. The van der Waals surface area contributed by atoms with Crippen molar-refractivity contribution >= 4 is 28.2 Å². The minimum atomic E-state index is 0.750. The molecule has 6 heteroatoms. The van der Waals surface area contributed by atoms with Gasteiger partial charge in [-0.05, 0) is 0 Å². The number of hydrogen-bond acceptors (Lipinski definition) is 6. The molecular weight excluding hydrogens is 254 g/mol. The van der Waals surface area contributed by atoms with Crippen LogP contribution in [0.5, 0.6) is 0 Å². The summed E-state index contributed by atoms with van der Waals surface area (Å²) in [5, 5.41) is 6.64. The van der Waals surface area contributed by atoms with Crippen molar-refractivity contribution in [3.8, 4) is 0 Å². The normalized spacial score (nSPS) is 16.4. The average molecular weight is 273 g/mol. The van der Waals surface area contributed by atoms with Crippen LogP contribution in [0.25, 0.3) is 0 Å². The van der Waals surface area contributed by atoms with E-state index in [0.29, 0.717) is 0 Å². The van der Waals surface area contributed by atoms with E-state index >= 15 is 0 Å². The molecule has 1 aliphatic rings. The SMILES string of the molecule is COCCNCc1csc(N2CCSCC2)n1. The van der Waals surface area contributed by atoms with Crippen LogP contribution in [0.15, 0.2) is 5.38 Å². The van der Waals surface area contributed by atoms with Crippen molar-refractivity contribution in [1.82, 2.24) is 10.3 Å². The Morgan fingerprint density at radius 2 is 2.29 bits per heavy atom. The molecule has 17 heavy (non-hydrogen) atoms. The molecule has 2 heterocycles. The maximum atomic E-state index is 4.99. The quantitative estimate of drug-likeness (QED) is 0.794. The number of nitrogens with zero attached hydrogens (tertiary/aromatic N) is 2. The minimum Gasteiger partial charge on any atom is -0.383 e. The van der Waals surface area contributed by atoms with Gasteiger partial charge in [0.05, 0.1) is 12.3 Å². The highest BCUT2D eigenvalue weighted by atomic mass is 32.2. The summed E-state index contributed by atoms with van der Waals surface area (Å²) in [4.78, 5) is 7.05. The van der Waals surface area contributed by atoms with Crippen molar-refractivity contribution in [3.05, 3.63) is 11.1 Å². The third kappa shape index (κ3) is 4.13. The van der Waals surface area contributed by atoms with Crippen molar-refractivity contribution in [2.24, 2.45) is 0 Å². The van der Waals surface area contributed by atoms with E-state index in [4.69, 9.17) is 4.74 Å². The third-order valence-corrected chi connectivity index (χ3v) is 4.50. The lowest BCUT2D eigenvalue weighted by Gasteiger charge is -2.25. The van der Waals surface area contributed by atoms with Crippen molar-refractivity contribution in [3.63, 3.8) is 0 Å². The van der Waals surface area contributed by atoms with Gasteiger partial charge in [0, 0.05) is 50.2 Å². The predicted molar refractivity (Wildman–Crippen MR) is 75.2 cm³/mol. The number of ether oxygens (including phenoxy) is 1. The molecule has 4 nitrogen and oxygen atoms in total. The fourth-order valence-corrected chi connectivity index (χ4v) is 3.45. The van der Waals surface area contributed by atoms with Gasteiger partial charge in [-0.25, -0.2) is 4.98 Å². The molecule has 0 atom stereocenters. The van der Waals surface area contributed by atoms with Crippen LogP contribution in [0.1, 0.15) is 5.69 Å². The maximum absolute atomic E-state index is 4.99. The number of aromatic nitrogens is 1. The molecule has 1 aliphatic heterocycles. The lowest BCUT2D eigenvalue weighted by Crippen LogP contribution is -2.32. The van der Waals surface area contributed by atoms with Crippen LogP contribution in [0, 0.1) is 0 Å². The smallest absolute Gasteiger partial charge is 0.185 e. The van der Waals surface area contributed by atoms with E-state index in [1.54, 1.807) is 18.4 Å². The van der Waals surface area contributed by atoms with Gasteiger partial charge in [0.1, 0.15) is 0 Å². The van der Waals surface area contributed by atoms with Crippen LogP contribution >= 0.6 is 23.1 Å². The highest BCUT2D eigenvalue weighted by Crippen LogP contribution is 2.23. The molecule has 0 bridgehead atoms. The molecule has 0 aromatic carbocycles. The molecular formula is C11H19N3OS2. The summed E-state index contributed by atoms with van der Waals surface area (Å²) in [6.45, 7) is 4.73. The second kappa shape index (κ2) is 7.20. The van der Waals surface area contributed by atoms with Gasteiger partial charge in [-0.15, -0.1) is 11.3 Å². The lowest BCUT2D eigenvalue weighted by atomic mass is 10.5. The van der Waals surface area contributed by atoms with E-state index in [0.717, 1.165) is 38.5 Å². The van der Waals surface area contributed by atoms with Crippen molar-refractivity contribution in [2.45, 2.75) is 6.54 Å². The summed E-state index contributed by atoms with van der Waals surface area (Å²) in [5.74, 6) is 2.45. The molecule has 1 fully saturated rings. The monoisotopic (exact) mass is 273 g/mol. The predicted octanol–water partition coefficient (Wildman–Crippen LogP) is 1.43. The molecule has 1 saturated heterocycles. The van der Waals surface area contributed by atoms with Crippen LogP contribution < -0.4 is 10.2 Å². The van der Waals surface area contributed by atoms with Gasteiger partial charge in [0.2, 0.25) is 0 Å². The van der Waals surface area contributed by atoms with Crippen LogP contribution in [-0.2, 0) is 11.3 Å². The highest BCUT2D eigenvalue weighted by Gasteiger charge is 2.14. The van der Waals surface area contributed by atoms with Gasteiger partial charge in [-0.1, -0.05) is 0 Å². The Morgan fingerprint density at radius 3 is 3.06 bits per heavy atom. The summed E-state index contributed by atoms with van der Waals surface area (Å²) in [6, 6.07) is 0. The summed E-state index contributed by atoms with van der Waals surface area (Å²) in [7, 11) is 1.72. The zero-order chi connectivity index (χ0) is 11.9. The molecule has 1 aromatic heterocycles. The second-order valence-corrected chi connectivity index (χ2v) is 5.95. The first-order valence-electron chi connectivity index (χ1n) is 5.87. The van der Waals surface area contributed by atoms with E-state index in [2.05, 4.69) is 20.6 Å². The average Bonchev–Trinajstić information content (AvgIpc) is 2.85. The standard InChI is InChI=1S/C11H19N3OS2/c1-15-5-2-12-8-10-9-17-11(13-10)14-3-6-16-7-4-14/h9,12H,2-8H2,1H3. The van der Waals surface area contributed by atoms with E-state index in [1.807, 2.05) is 11.8 Å². The van der Waals surface area contributed by atoms with Gasteiger partial charge in [0.25, 0.3) is 0 Å². The van der Waals surface area contributed by atoms with Gasteiger partial charge < -0.3 is 15.0 Å². The Morgan fingerprint density at radius 1 is 1.47 bits per heavy atom. The van der Waals surface area contributed by atoms with Crippen LogP contribution in [0.3, 0.4) is 0 Å². The first kappa shape index (κ1) is 13.1. The number of rotatable bonds is 6. The Kier molecular flexibility index (Phi) is 5.57. The molecule has 0 amide bonds. The van der Waals surface area contributed by atoms with Crippen molar-refractivity contribution in [1.29, 1.82) is 0 Å². The molecule has 0 radical (unpaired) electrons. The van der Waals surface area contributed by atoms with Gasteiger partial charge in [-0.3, -0.25) is 0 Å². The van der Waals surface area contributed by atoms with Crippen LogP contribution in [-0.4, -0.2) is 49.8 Å². The topological polar surface area (TPSA) is 37.4 Å². The second-order valence-electron chi connectivity index (χ2n) is 3.89. The first-order chi connectivity index (χ1) is 8.40. The molecule has 0 aliphatic carbocycles. The van der Waals surface area contributed by atoms with Crippen LogP contribution in [0.2, 0.25) is 0 Å². The van der Waals surface area contributed by atoms with E-state index in [1.165, 1.54) is 16.6 Å². The molecule has 96 valence electrons. The third-order valence-electron chi connectivity index (χ3n) is 2.61. The number of thioether (sulfide) groups is 1. The van der Waals surface area contributed by atoms with Gasteiger partial charge >= 0.3 is 0 Å². The Hall–Kier alpha value is -0.300. The summed E-state index contributed by atoms with van der Waals surface area (Å²) in [5.41, 5.74) is 1.14. The zero-order valence-corrected chi connectivity index (χ0v) is 11.8. The molecule has 0 unspecified atom stereocenters. The molecule has 0 spiro atoms. The maximum Gasteiger partial charge on any atom is 0.185 e. The van der Waals surface area contributed by atoms with Gasteiger partial charge in [0.15, 0.2) is 5.13 Å². The van der Waals surface area contributed by atoms with E-state index in [-0.39, 0.29) is 0 Å². The molecule has 1 N–H and O–H groups in total. The Balaban J connectivity index is 1.78. The van der Waals surface area contributed by atoms with Gasteiger partial charge in [-0.2, -0.15) is 11.8 Å². The number of anilines is 1. The Labute approximate surface area is 111 Å². The minimum absolute atomic E-state index is 0.750. The molecule has 0 saturated carbocycles. The summed E-state index contributed by atoms with van der Waals surface area (Å²) < 4.78 is 4.99. The number of hydrogen-bond donors (Lipinski definition) is 1. The Bertz CT molecular complexity index is 326. The van der Waals surface area contributed by atoms with Crippen LogP contribution in [0.4, 0.5) is 5.13 Å². The largest absolute Gasteiger partial charge is 0.383 e. The highest BCUT2D eigenvalue weighted by molar-refractivity contribution is 7.99. The lowest BCUT2D eigenvalue weighted by molar-refractivity contribution is 0.199. The molecule has 1 aromatic rings. The zero-order valence-electron chi connectivity index (χ0n) is 10.1. The van der Waals surface area contributed by atoms with E-state index in [9.17, 15) is 0 Å². The van der Waals surface area contributed by atoms with E-state index < -0.39 is 0 Å². The summed E-state index contributed by atoms with van der Waals surface area (Å²) >= 11 is 3.78.